The minimum Gasteiger partial charge on any atom is -0.142 e. The van der Waals surface area contributed by atoms with Crippen molar-refractivity contribution in [2.45, 2.75) is 104 Å². The van der Waals surface area contributed by atoms with Gasteiger partial charge in [0.25, 0.3) is 0 Å². The van der Waals surface area contributed by atoms with E-state index in [9.17, 15) is 0 Å². The van der Waals surface area contributed by atoms with Crippen LogP contribution in [0.1, 0.15) is 102 Å². The Morgan fingerprint density at radius 3 is 1.86 bits per heavy atom. The van der Waals surface area contributed by atoms with E-state index in [4.69, 9.17) is 0 Å². The fourth-order valence-corrected chi connectivity index (χ4v) is 3.74. The molecule has 0 fully saturated rings. The lowest BCUT2D eigenvalue weighted by Gasteiger charge is -2.05. The maximum Gasteiger partial charge on any atom is 0.0480 e. The lowest BCUT2D eigenvalue weighted by atomic mass is 10.0. The fraction of sp³-hybridized carbons (Fsp3) is 0.800. The van der Waals surface area contributed by atoms with Crippen molar-refractivity contribution in [3.8, 4) is 0 Å². The molecule has 0 saturated heterocycles. The van der Waals surface area contributed by atoms with Crippen LogP contribution in [-0.2, 0) is 12.8 Å². The monoisotopic (exact) mass is 307 g/mol. The zero-order valence-electron chi connectivity index (χ0n) is 14.4. The molecule has 0 aliphatic carbocycles. The first-order chi connectivity index (χ1) is 10.4. The average molecular weight is 308 g/mol. The van der Waals surface area contributed by atoms with Crippen molar-refractivity contribution < 1.29 is 0 Å². The summed E-state index contributed by atoms with van der Waals surface area (Å²) in [6.07, 6.45) is 19.3. The molecule has 0 N–H and O–H groups in total. The Balaban J connectivity index is 2.09. The molecule has 0 unspecified atom stereocenters. The topological polar surface area (TPSA) is 0 Å². The Morgan fingerprint density at radius 2 is 1.24 bits per heavy atom. The molecule has 1 aromatic heterocycles. The Morgan fingerprint density at radius 1 is 0.714 bits per heavy atom. The summed E-state index contributed by atoms with van der Waals surface area (Å²) >= 11 is 1.79. The molecule has 1 aromatic rings. The Bertz CT molecular complexity index is 296. The Hall–Kier alpha value is -0.300. The summed E-state index contributed by atoms with van der Waals surface area (Å²) in [7, 11) is 0. The highest BCUT2D eigenvalue weighted by molar-refractivity contribution is 7.07. The molecule has 0 atom stereocenters. The van der Waals surface area contributed by atoms with Crippen LogP contribution in [0.4, 0.5) is 0 Å². The van der Waals surface area contributed by atoms with Gasteiger partial charge in [0.05, 0.1) is 0 Å². The third kappa shape index (κ3) is 9.34. The van der Waals surface area contributed by atoms with Gasteiger partial charge in [-0.05, 0) is 42.2 Å². The summed E-state index contributed by atoms with van der Waals surface area (Å²) in [5.74, 6) is 0. The van der Waals surface area contributed by atoms with Crippen LogP contribution in [0, 0.1) is 5.38 Å². The molecular formula is C20H35S. The van der Waals surface area contributed by atoms with Gasteiger partial charge in [-0.3, -0.25) is 0 Å². The highest BCUT2D eigenvalue weighted by atomic mass is 32.1. The number of hydrogen-bond donors (Lipinski definition) is 0. The van der Waals surface area contributed by atoms with Crippen LogP contribution in [0.3, 0.4) is 0 Å². The zero-order valence-corrected chi connectivity index (χ0v) is 15.2. The van der Waals surface area contributed by atoms with Gasteiger partial charge in [-0.1, -0.05) is 78.1 Å². The minimum atomic E-state index is 1.26. The van der Waals surface area contributed by atoms with Crippen LogP contribution >= 0.6 is 11.3 Å². The lowest BCUT2D eigenvalue weighted by molar-refractivity contribution is 0.600. The highest BCUT2D eigenvalue weighted by Gasteiger charge is 2.04. The van der Waals surface area contributed by atoms with Crippen molar-refractivity contribution >= 4 is 11.3 Å². The molecule has 1 radical (unpaired) electrons. The van der Waals surface area contributed by atoms with Crippen LogP contribution in [0.2, 0.25) is 0 Å². The van der Waals surface area contributed by atoms with Crippen molar-refractivity contribution in [1.82, 2.24) is 0 Å². The molecule has 1 rings (SSSR count). The van der Waals surface area contributed by atoms with Crippen LogP contribution in [0.15, 0.2) is 5.38 Å². The molecule has 0 aliphatic rings. The third-order valence-electron chi connectivity index (χ3n) is 4.35. The van der Waals surface area contributed by atoms with Gasteiger partial charge in [0.2, 0.25) is 0 Å². The van der Waals surface area contributed by atoms with E-state index in [0.717, 1.165) is 0 Å². The standard InChI is InChI=1S/C20H35S/c1-3-5-7-9-11-13-15-19-17-21-18-20(19)16-14-12-10-8-6-4-2/h17H,3-16H2,1-2H3. The second kappa shape index (κ2) is 13.4. The molecule has 0 amide bonds. The van der Waals surface area contributed by atoms with Gasteiger partial charge in [0, 0.05) is 5.38 Å². The van der Waals surface area contributed by atoms with Gasteiger partial charge in [0.1, 0.15) is 0 Å². The summed E-state index contributed by atoms with van der Waals surface area (Å²) in [6.45, 7) is 4.57. The SMILES string of the molecule is CCCCCCCCc1[c]scc1CCCCCCCC. The molecule has 121 valence electrons. The van der Waals surface area contributed by atoms with E-state index < -0.39 is 0 Å². The van der Waals surface area contributed by atoms with Crippen molar-refractivity contribution in [2.24, 2.45) is 0 Å². The molecule has 1 heteroatoms. The number of thiophene rings is 1. The van der Waals surface area contributed by atoms with Crippen LogP contribution in [0.5, 0.6) is 0 Å². The third-order valence-corrected chi connectivity index (χ3v) is 5.12. The number of rotatable bonds is 14. The first-order valence-corrected chi connectivity index (χ1v) is 10.2. The fourth-order valence-electron chi connectivity index (χ4n) is 2.91. The van der Waals surface area contributed by atoms with E-state index >= 15 is 0 Å². The normalized spacial score (nSPS) is 11.1. The molecule has 0 spiro atoms. The predicted octanol–water partition coefficient (Wildman–Crippen LogP) is 7.35. The first-order valence-electron chi connectivity index (χ1n) is 9.35. The number of aryl methyl sites for hydroxylation is 2. The Kier molecular flexibility index (Phi) is 11.9. The average Bonchev–Trinajstić information content (AvgIpc) is 2.94. The molecule has 0 bridgehead atoms. The van der Waals surface area contributed by atoms with E-state index in [2.05, 4.69) is 24.6 Å². The van der Waals surface area contributed by atoms with Crippen molar-refractivity contribution in [3.05, 3.63) is 21.9 Å². The van der Waals surface area contributed by atoms with Crippen LogP contribution < -0.4 is 0 Å². The van der Waals surface area contributed by atoms with Gasteiger partial charge in [-0.25, -0.2) is 0 Å². The summed E-state index contributed by atoms with van der Waals surface area (Å²) in [5, 5.41) is 5.86. The maximum absolute atomic E-state index is 3.51. The summed E-state index contributed by atoms with van der Waals surface area (Å²) < 4.78 is 0. The van der Waals surface area contributed by atoms with E-state index in [-0.39, 0.29) is 0 Å². The Labute approximate surface area is 137 Å². The van der Waals surface area contributed by atoms with Crippen molar-refractivity contribution in [2.75, 3.05) is 0 Å². The molecule has 0 aromatic carbocycles. The molecule has 0 nitrogen and oxygen atoms in total. The number of unbranched alkanes of at least 4 members (excludes halogenated alkanes) is 10. The van der Waals surface area contributed by atoms with Gasteiger partial charge in [-0.2, -0.15) is 0 Å². The van der Waals surface area contributed by atoms with Gasteiger partial charge >= 0.3 is 0 Å². The van der Waals surface area contributed by atoms with Gasteiger partial charge in [-0.15, -0.1) is 11.3 Å². The van der Waals surface area contributed by atoms with Crippen LogP contribution in [-0.4, -0.2) is 0 Å². The van der Waals surface area contributed by atoms with Crippen molar-refractivity contribution in [1.29, 1.82) is 0 Å². The van der Waals surface area contributed by atoms with E-state index in [1.807, 2.05) is 0 Å². The summed E-state index contributed by atoms with van der Waals surface area (Å²) in [4.78, 5) is 0. The summed E-state index contributed by atoms with van der Waals surface area (Å²) in [5.41, 5.74) is 3.13. The van der Waals surface area contributed by atoms with E-state index in [1.54, 1.807) is 16.9 Å². The maximum atomic E-state index is 3.51. The molecule has 0 aliphatic heterocycles. The molecular weight excluding hydrogens is 272 g/mol. The van der Waals surface area contributed by atoms with Gasteiger partial charge in [0.15, 0.2) is 0 Å². The lowest BCUT2D eigenvalue weighted by Crippen LogP contribution is -1.92. The molecule has 21 heavy (non-hydrogen) atoms. The minimum absolute atomic E-state index is 1.26. The smallest absolute Gasteiger partial charge is 0.0480 e. The first kappa shape index (κ1) is 18.7. The van der Waals surface area contributed by atoms with Crippen molar-refractivity contribution in [3.63, 3.8) is 0 Å². The van der Waals surface area contributed by atoms with Crippen LogP contribution in [0.25, 0.3) is 0 Å². The second-order valence-corrected chi connectivity index (χ2v) is 7.05. The number of hydrogen-bond acceptors (Lipinski definition) is 1. The highest BCUT2D eigenvalue weighted by Crippen LogP contribution is 2.20. The zero-order chi connectivity index (χ0) is 15.2. The second-order valence-electron chi connectivity index (χ2n) is 6.38. The summed E-state index contributed by atoms with van der Waals surface area (Å²) in [6, 6.07) is 0. The quantitative estimate of drug-likeness (QED) is 0.315. The van der Waals surface area contributed by atoms with Gasteiger partial charge < -0.3 is 0 Å². The van der Waals surface area contributed by atoms with E-state index in [0.29, 0.717) is 0 Å². The predicted molar refractivity (Wildman–Crippen MR) is 97.3 cm³/mol. The molecule has 1 heterocycles. The molecule has 0 saturated carbocycles. The largest absolute Gasteiger partial charge is 0.142 e. The van der Waals surface area contributed by atoms with E-state index in [1.165, 1.54) is 95.5 Å².